The van der Waals surface area contributed by atoms with Gasteiger partial charge in [0.25, 0.3) is 0 Å². The Morgan fingerprint density at radius 2 is 1.73 bits per heavy atom. The lowest BCUT2D eigenvalue weighted by Gasteiger charge is -2.52. The Labute approximate surface area is 238 Å². The van der Waals surface area contributed by atoms with Crippen molar-refractivity contribution >= 4 is 11.9 Å². The summed E-state index contributed by atoms with van der Waals surface area (Å²) in [6.45, 7) is 9.65. The van der Waals surface area contributed by atoms with Crippen molar-refractivity contribution in [1.82, 2.24) is 0 Å². The standard InChI is InChI=1S/C32H48O8/c1-6-7-17-31(38)19-20-32(40-28(31)14-10-23(3)21-30(36)37)18-16-25(5)27(39-32)13-9-22(2)8-12-26(33)24(4)11-15-29(34)35/h8-12,14-15,21,24-28,33,38H,6-7,13,16-20H2,1-5H3,(H,34,35)(H,36,37)/t24-,25-,26-,27+,28-,31+,32-/m0/s1. The summed E-state index contributed by atoms with van der Waals surface area (Å²) in [5.74, 6) is -2.89. The summed E-state index contributed by atoms with van der Waals surface area (Å²) in [5, 5.41) is 39.6. The first-order valence-electron chi connectivity index (χ1n) is 14.4. The lowest BCUT2D eigenvalue weighted by Crippen LogP contribution is -2.58. The number of aliphatic hydroxyl groups excluding tert-OH is 1. The fourth-order valence-electron chi connectivity index (χ4n) is 5.18. The van der Waals surface area contributed by atoms with Crippen molar-refractivity contribution in [2.75, 3.05) is 0 Å². The second-order valence-electron chi connectivity index (χ2n) is 11.5. The van der Waals surface area contributed by atoms with Crippen LogP contribution in [0.25, 0.3) is 0 Å². The predicted molar refractivity (Wildman–Crippen MR) is 155 cm³/mol. The molecule has 0 aromatic rings. The average molecular weight is 561 g/mol. The molecule has 224 valence electrons. The fourth-order valence-corrected chi connectivity index (χ4v) is 5.18. The zero-order valence-electron chi connectivity index (χ0n) is 24.6. The third-order valence-electron chi connectivity index (χ3n) is 7.95. The molecule has 0 saturated carbocycles. The molecule has 1 spiro atoms. The summed E-state index contributed by atoms with van der Waals surface area (Å²) in [4.78, 5) is 21.7. The summed E-state index contributed by atoms with van der Waals surface area (Å²) in [7, 11) is 0. The smallest absolute Gasteiger partial charge is 0.328 e. The molecule has 0 amide bonds. The van der Waals surface area contributed by atoms with Crippen molar-refractivity contribution in [3.8, 4) is 0 Å². The molecule has 7 atom stereocenters. The van der Waals surface area contributed by atoms with Gasteiger partial charge in [-0.1, -0.05) is 75.6 Å². The molecule has 0 aliphatic carbocycles. The first-order chi connectivity index (χ1) is 18.8. The van der Waals surface area contributed by atoms with Gasteiger partial charge in [-0.3, -0.25) is 0 Å². The molecule has 2 saturated heterocycles. The van der Waals surface area contributed by atoms with Gasteiger partial charge in [-0.05, 0) is 51.0 Å². The van der Waals surface area contributed by atoms with E-state index in [1.165, 1.54) is 6.08 Å². The van der Waals surface area contributed by atoms with Gasteiger partial charge in [-0.15, -0.1) is 0 Å². The Balaban J connectivity index is 2.13. The zero-order chi connectivity index (χ0) is 29.9. The van der Waals surface area contributed by atoms with E-state index in [2.05, 4.69) is 19.9 Å². The maximum Gasteiger partial charge on any atom is 0.328 e. The topological polar surface area (TPSA) is 134 Å². The van der Waals surface area contributed by atoms with Gasteiger partial charge in [0.1, 0.15) is 6.10 Å². The summed E-state index contributed by atoms with van der Waals surface area (Å²) < 4.78 is 13.2. The molecular formula is C32H48O8. The predicted octanol–water partition coefficient (Wildman–Crippen LogP) is 5.72. The molecule has 2 aliphatic heterocycles. The molecule has 0 radical (unpaired) electrons. The molecule has 0 aromatic carbocycles. The minimum absolute atomic E-state index is 0.0837. The molecule has 8 nitrogen and oxygen atoms in total. The monoisotopic (exact) mass is 560 g/mol. The summed E-state index contributed by atoms with van der Waals surface area (Å²) in [5.41, 5.74) is 0.488. The van der Waals surface area contributed by atoms with Crippen molar-refractivity contribution in [3.63, 3.8) is 0 Å². The lowest BCUT2D eigenvalue weighted by molar-refractivity contribution is -0.343. The van der Waals surface area contributed by atoms with E-state index >= 15 is 0 Å². The molecule has 8 heteroatoms. The quantitative estimate of drug-likeness (QED) is 0.166. The van der Waals surface area contributed by atoms with Crippen LogP contribution in [0, 0.1) is 11.8 Å². The summed E-state index contributed by atoms with van der Waals surface area (Å²) in [6.07, 6.45) is 17.0. The van der Waals surface area contributed by atoms with Crippen LogP contribution in [0.5, 0.6) is 0 Å². The number of ether oxygens (including phenoxy) is 2. The maximum absolute atomic E-state index is 11.5. The number of carboxylic acid groups (broad SMARTS) is 2. The largest absolute Gasteiger partial charge is 0.478 e. The van der Waals surface area contributed by atoms with Gasteiger partial charge in [0.05, 0.1) is 17.8 Å². The molecule has 2 rings (SSSR count). The highest BCUT2D eigenvalue weighted by molar-refractivity contribution is 5.81. The van der Waals surface area contributed by atoms with Crippen molar-refractivity contribution in [3.05, 3.63) is 59.8 Å². The van der Waals surface area contributed by atoms with Gasteiger partial charge in [-0.25, -0.2) is 9.59 Å². The number of carboxylic acids is 2. The van der Waals surface area contributed by atoms with Crippen LogP contribution in [-0.4, -0.2) is 62.1 Å². The first kappa shape index (κ1) is 33.7. The molecule has 0 bridgehead atoms. The van der Waals surface area contributed by atoms with E-state index < -0.39 is 35.5 Å². The number of aliphatic carboxylic acids is 2. The first-order valence-corrected chi connectivity index (χ1v) is 14.4. The fraction of sp³-hybridized carbons (Fsp3) is 0.625. The average Bonchev–Trinajstić information content (AvgIpc) is 2.90. The number of rotatable bonds is 13. The van der Waals surface area contributed by atoms with Gasteiger partial charge in [-0.2, -0.15) is 0 Å². The van der Waals surface area contributed by atoms with Crippen LogP contribution in [0.3, 0.4) is 0 Å². The number of unbranched alkanes of at least 4 members (excludes halogenated alkanes) is 1. The van der Waals surface area contributed by atoms with Gasteiger partial charge in [0, 0.05) is 30.9 Å². The van der Waals surface area contributed by atoms with Gasteiger partial charge in [0.15, 0.2) is 5.79 Å². The highest BCUT2D eigenvalue weighted by atomic mass is 16.7. The summed E-state index contributed by atoms with van der Waals surface area (Å²) >= 11 is 0. The Kier molecular flexibility index (Phi) is 13.0. The highest BCUT2D eigenvalue weighted by Crippen LogP contribution is 2.46. The minimum atomic E-state index is -1.04. The number of hydrogen-bond donors (Lipinski definition) is 4. The number of allylic oxidation sites excluding steroid dienone is 4. The van der Waals surface area contributed by atoms with Gasteiger partial charge >= 0.3 is 11.9 Å². The van der Waals surface area contributed by atoms with E-state index in [4.69, 9.17) is 19.7 Å². The molecule has 2 fully saturated rings. The third kappa shape index (κ3) is 10.5. The van der Waals surface area contributed by atoms with E-state index in [-0.39, 0.29) is 12.0 Å². The van der Waals surface area contributed by atoms with Crippen molar-refractivity contribution in [2.45, 2.75) is 116 Å². The SMILES string of the molecule is CCCC[C@@]1(O)CC[C@]2(CC[C@H](C)[C@@H](CC=C(C)C=C[C@H](O)[C@@H](C)C=CC(=O)O)O2)O[C@H]1C=CC(C)=CC(=O)O. The maximum atomic E-state index is 11.5. The lowest BCUT2D eigenvalue weighted by atomic mass is 9.78. The van der Waals surface area contributed by atoms with Gasteiger partial charge in [0.2, 0.25) is 0 Å². The Hall–Kier alpha value is -2.52. The van der Waals surface area contributed by atoms with Crippen LogP contribution < -0.4 is 0 Å². The van der Waals surface area contributed by atoms with E-state index in [0.29, 0.717) is 37.2 Å². The van der Waals surface area contributed by atoms with Crippen molar-refractivity contribution in [1.29, 1.82) is 0 Å². The zero-order valence-corrected chi connectivity index (χ0v) is 24.6. The molecule has 2 heterocycles. The second-order valence-corrected chi connectivity index (χ2v) is 11.5. The van der Waals surface area contributed by atoms with Crippen LogP contribution >= 0.6 is 0 Å². The Morgan fingerprint density at radius 1 is 1.00 bits per heavy atom. The molecule has 0 unspecified atom stereocenters. The van der Waals surface area contributed by atoms with E-state index in [9.17, 15) is 19.8 Å². The number of carbonyl (C=O) groups is 2. The molecule has 2 aliphatic rings. The Bertz CT molecular complexity index is 1010. The highest BCUT2D eigenvalue weighted by Gasteiger charge is 2.51. The van der Waals surface area contributed by atoms with E-state index in [0.717, 1.165) is 43.4 Å². The molecule has 40 heavy (non-hydrogen) atoms. The Morgan fingerprint density at radius 3 is 2.38 bits per heavy atom. The summed E-state index contributed by atoms with van der Waals surface area (Å²) in [6, 6.07) is 0. The van der Waals surface area contributed by atoms with E-state index in [1.54, 1.807) is 32.1 Å². The van der Waals surface area contributed by atoms with Crippen LogP contribution in [0.1, 0.15) is 86.0 Å². The molecular weight excluding hydrogens is 512 g/mol. The van der Waals surface area contributed by atoms with Crippen LogP contribution in [-0.2, 0) is 19.1 Å². The normalized spacial score (nSPS) is 31.8. The van der Waals surface area contributed by atoms with Crippen LogP contribution in [0.15, 0.2) is 59.8 Å². The number of hydrogen-bond acceptors (Lipinski definition) is 6. The molecule has 4 N–H and O–H groups in total. The second kappa shape index (κ2) is 15.5. The van der Waals surface area contributed by atoms with E-state index in [1.807, 2.05) is 13.0 Å². The minimum Gasteiger partial charge on any atom is -0.478 e. The van der Waals surface area contributed by atoms with Crippen molar-refractivity contribution in [2.24, 2.45) is 11.8 Å². The van der Waals surface area contributed by atoms with Crippen LogP contribution in [0.4, 0.5) is 0 Å². The van der Waals surface area contributed by atoms with Crippen molar-refractivity contribution < 1.29 is 39.5 Å². The third-order valence-corrected chi connectivity index (χ3v) is 7.95. The molecule has 0 aromatic heterocycles. The van der Waals surface area contributed by atoms with Crippen LogP contribution in [0.2, 0.25) is 0 Å². The number of aliphatic hydroxyl groups is 2. The van der Waals surface area contributed by atoms with Gasteiger partial charge < -0.3 is 29.9 Å².